The van der Waals surface area contributed by atoms with Crippen molar-refractivity contribution in [3.8, 4) is 0 Å². The second kappa shape index (κ2) is 4.54. The molecule has 7 heteroatoms. The summed E-state index contributed by atoms with van der Waals surface area (Å²) in [7, 11) is -3.36. The Morgan fingerprint density at radius 1 is 1.47 bits per heavy atom. The quantitative estimate of drug-likeness (QED) is 0.835. The number of H-pyrrole nitrogens is 1. The van der Waals surface area contributed by atoms with Gasteiger partial charge in [0, 0.05) is 5.88 Å². The highest BCUT2D eigenvalue weighted by Gasteiger charge is 2.10. The first-order valence-corrected chi connectivity index (χ1v) is 7.22. The first-order chi connectivity index (χ1) is 8.00. The Kier molecular flexibility index (Phi) is 3.26. The Morgan fingerprint density at radius 3 is 2.94 bits per heavy atom. The van der Waals surface area contributed by atoms with Crippen LogP contribution in [0.2, 0.25) is 0 Å². The molecule has 0 aliphatic rings. The van der Waals surface area contributed by atoms with Gasteiger partial charge >= 0.3 is 0 Å². The van der Waals surface area contributed by atoms with Crippen LogP contribution in [0.25, 0.3) is 11.0 Å². The first-order valence-electron chi connectivity index (χ1n) is 5.03. The Balaban J connectivity index is 2.31. The second-order valence-electron chi connectivity index (χ2n) is 3.66. The number of aromatic amines is 1. The molecule has 0 radical (unpaired) electrons. The van der Waals surface area contributed by atoms with Crippen molar-refractivity contribution in [1.82, 2.24) is 9.97 Å². The molecule has 17 heavy (non-hydrogen) atoms. The van der Waals surface area contributed by atoms with Crippen LogP contribution in [-0.2, 0) is 10.0 Å². The third-order valence-electron chi connectivity index (χ3n) is 2.22. The average molecular weight is 274 g/mol. The van der Waals surface area contributed by atoms with Gasteiger partial charge in [-0.05, 0) is 25.1 Å². The minimum absolute atomic E-state index is 0.0702. The van der Waals surface area contributed by atoms with E-state index in [1.165, 1.54) is 0 Å². The van der Waals surface area contributed by atoms with Gasteiger partial charge in [0.05, 0.1) is 22.5 Å². The summed E-state index contributed by atoms with van der Waals surface area (Å²) in [4.78, 5) is 7.28. The van der Waals surface area contributed by atoms with Crippen molar-refractivity contribution in [1.29, 1.82) is 0 Å². The number of rotatable bonds is 4. The number of alkyl halides is 1. The zero-order valence-corrected chi connectivity index (χ0v) is 10.8. The topological polar surface area (TPSA) is 74.8 Å². The van der Waals surface area contributed by atoms with E-state index in [0.29, 0.717) is 5.69 Å². The van der Waals surface area contributed by atoms with Crippen molar-refractivity contribution in [2.45, 2.75) is 6.92 Å². The van der Waals surface area contributed by atoms with E-state index in [4.69, 9.17) is 11.6 Å². The minimum Gasteiger partial charge on any atom is -0.342 e. The predicted molar refractivity (Wildman–Crippen MR) is 69.0 cm³/mol. The summed E-state index contributed by atoms with van der Waals surface area (Å²) in [5, 5.41) is 0. The van der Waals surface area contributed by atoms with Crippen molar-refractivity contribution in [3.63, 3.8) is 0 Å². The standard InChI is InChI=1S/C10H12ClN3O2S/c1-7-12-9-3-2-8(6-10(9)13-7)14-17(15,16)5-4-11/h2-3,6,14H,4-5H2,1H3,(H,12,13). The van der Waals surface area contributed by atoms with Crippen molar-refractivity contribution >= 4 is 38.3 Å². The van der Waals surface area contributed by atoms with E-state index in [9.17, 15) is 8.42 Å². The highest BCUT2D eigenvalue weighted by molar-refractivity contribution is 7.92. The number of aromatic nitrogens is 2. The average Bonchev–Trinajstić information content (AvgIpc) is 2.56. The van der Waals surface area contributed by atoms with Crippen LogP contribution in [0.1, 0.15) is 5.82 Å². The van der Waals surface area contributed by atoms with Gasteiger partial charge < -0.3 is 4.98 Å². The number of halogens is 1. The zero-order chi connectivity index (χ0) is 12.5. The van der Waals surface area contributed by atoms with Crippen molar-refractivity contribution in [2.24, 2.45) is 0 Å². The molecule has 0 saturated heterocycles. The molecule has 5 nitrogen and oxygen atoms in total. The maximum Gasteiger partial charge on any atom is 0.233 e. The normalized spacial score (nSPS) is 11.9. The predicted octanol–water partition coefficient (Wildman–Crippen LogP) is 1.85. The number of hydrogen-bond acceptors (Lipinski definition) is 3. The molecular weight excluding hydrogens is 262 g/mol. The Morgan fingerprint density at radius 2 is 2.24 bits per heavy atom. The smallest absolute Gasteiger partial charge is 0.233 e. The summed E-state index contributed by atoms with van der Waals surface area (Å²) in [5.74, 6) is 0.760. The van der Waals surface area contributed by atoms with Crippen LogP contribution in [0.4, 0.5) is 5.69 Å². The van der Waals surface area contributed by atoms with E-state index in [-0.39, 0.29) is 11.6 Å². The van der Waals surface area contributed by atoms with Crippen LogP contribution in [0, 0.1) is 6.92 Å². The van der Waals surface area contributed by atoms with E-state index < -0.39 is 10.0 Å². The van der Waals surface area contributed by atoms with E-state index >= 15 is 0 Å². The van der Waals surface area contributed by atoms with E-state index in [1.807, 2.05) is 6.92 Å². The Hall–Kier alpha value is -1.27. The van der Waals surface area contributed by atoms with Gasteiger partial charge in [0.1, 0.15) is 5.82 Å². The van der Waals surface area contributed by atoms with Gasteiger partial charge in [-0.15, -0.1) is 11.6 Å². The number of nitrogens with one attached hydrogen (secondary N) is 2. The van der Waals surface area contributed by atoms with E-state index in [0.717, 1.165) is 16.9 Å². The van der Waals surface area contributed by atoms with Gasteiger partial charge in [0.15, 0.2) is 0 Å². The van der Waals surface area contributed by atoms with E-state index in [2.05, 4.69) is 14.7 Å². The second-order valence-corrected chi connectivity index (χ2v) is 5.88. The van der Waals surface area contributed by atoms with Crippen LogP contribution in [0.3, 0.4) is 0 Å². The molecule has 1 aromatic carbocycles. The lowest BCUT2D eigenvalue weighted by atomic mass is 10.3. The number of benzene rings is 1. The molecule has 2 N–H and O–H groups in total. The molecular formula is C10H12ClN3O2S. The van der Waals surface area contributed by atoms with Crippen LogP contribution >= 0.6 is 11.6 Å². The van der Waals surface area contributed by atoms with Crippen molar-refractivity contribution < 1.29 is 8.42 Å². The molecule has 0 spiro atoms. The number of aryl methyl sites for hydroxylation is 1. The molecule has 0 atom stereocenters. The molecule has 2 aromatic rings. The van der Waals surface area contributed by atoms with E-state index in [1.54, 1.807) is 18.2 Å². The molecule has 0 bridgehead atoms. The molecule has 0 amide bonds. The third kappa shape index (κ3) is 2.89. The molecule has 1 heterocycles. The maximum atomic E-state index is 11.5. The summed E-state index contributed by atoms with van der Waals surface area (Å²) in [5.41, 5.74) is 2.11. The van der Waals surface area contributed by atoms with Gasteiger partial charge in [-0.2, -0.15) is 0 Å². The number of fused-ring (bicyclic) bond motifs is 1. The summed E-state index contributed by atoms with van der Waals surface area (Å²) < 4.78 is 25.5. The van der Waals surface area contributed by atoms with Gasteiger partial charge in [-0.25, -0.2) is 13.4 Å². The fraction of sp³-hybridized carbons (Fsp3) is 0.300. The number of nitrogens with zero attached hydrogens (tertiary/aromatic N) is 1. The summed E-state index contributed by atoms with van der Waals surface area (Å²) >= 11 is 5.42. The lowest BCUT2D eigenvalue weighted by Crippen LogP contribution is -2.17. The van der Waals surface area contributed by atoms with Crippen molar-refractivity contribution in [3.05, 3.63) is 24.0 Å². The first kappa shape index (κ1) is 12.2. The Bertz CT molecular complexity index is 636. The zero-order valence-electron chi connectivity index (χ0n) is 9.20. The third-order valence-corrected chi connectivity index (χ3v) is 3.92. The van der Waals surface area contributed by atoms with Crippen LogP contribution in [0.5, 0.6) is 0 Å². The molecule has 0 fully saturated rings. The summed E-state index contributed by atoms with van der Waals surface area (Å²) in [6.45, 7) is 1.84. The summed E-state index contributed by atoms with van der Waals surface area (Å²) in [6, 6.07) is 5.15. The summed E-state index contributed by atoms with van der Waals surface area (Å²) in [6.07, 6.45) is 0. The monoisotopic (exact) mass is 273 g/mol. The molecule has 0 saturated carbocycles. The fourth-order valence-corrected chi connectivity index (χ4v) is 2.93. The maximum absolute atomic E-state index is 11.5. The largest absolute Gasteiger partial charge is 0.342 e. The molecule has 0 aliphatic carbocycles. The van der Waals surface area contributed by atoms with Crippen LogP contribution < -0.4 is 4.72 Å². The number of sulfonamides is 1. The number of imidazole rings is 1. The van der Waals surface area contributed by atoms with Gasteiger partial charge in [-0.3, -0.25) is 4.72 Å². The molecule has 92 valence electrons. The SMILES string of the molecule is Cc1nc2ccc(NS(=O)(=O)CCCl)cc2[nH]1. The molecule has 0 unspecified atom stereocenters. The van der Waals surface area contributed by atoms with Crippen LogP contribution in [-0.4, -0.2) is 30.0 Å². The molecule has 2 rings (SSSR count). The Labute approximate surface area is 104 Å². The molecule has 1 aromatic heterocycles. The highest BCUT2D eigenvalue weighted by atomic mass is 35.5. The lowest BCUT2D eigenvalue weighted by Gasteiger charge is -2.05. The van der Waals surface area contributed by atoms with Crippen molar-refractivity contribution in [2.75, 3.05) is 16.4 Å². The number of hydrogen-bond donors (Lipinski definition) is 2. The highest BCUT2D eigenvalue weighted by Crippen LogP contribution is 2.18. The van der Waals surface area contributed by atoms with Gasteiger partial charge in [0.25, 0.3) is 0 Å². The number of anilines is 1. The minimum atomic E-state index is -3.36. The van der Waals surface area contributed by atoms with Gasteiger partial charge in [-0.1, -0.05) is 0 Å². The fourth-order valence-electron chi connectivity index (χ4n) is 1.53. The molecule has 0 aliphatic heterocycles. The van der Waals surface area contributed by atoms with Crippen LogP contribution in [0.15, 0.2) is 18.2 Å². The van der Waals surface area contributed by atoms with Gasteiger partial charge in [0.2, 0.25) is 10.0 Å². The lowest BCUT2D eigenvalue weighted by molar-refractivity contribution is 0.602.